The van der Waals surface area contributed by atoms with E-state index in [0.29, 0.717) is 30.8 Å². The Morgan fingerprint density at radius 2 is 1.38 bits per heavy atom. The van der Waals surface area contributed by atoms with Crippen molar-refractivity contribution < 1.29 is 19.4 Å². The summed E-state index contributed by atoms with van der Waals surface area (Å²) in [6, 6.07) is 6.78. The molecule has 0 heterocycles. The van der Waals surface area contributed by atoms with Gasteiger partial charge in [0.05, 0.1) is 11.8 Å². The predicted molar refractivity (Wildman–Crippen MR) is 164 cm³/mol. The van der Waals surface area contributed by atoms with Crippen LogP contribution in [0, 0.1) is 0 Å². The van der Waals surface area contributed by atoms with Gasteiger partial charge in [0.1, 0.15) is 5.76 Å². The highest BCUT2D eigenvalue weighted by Crippen LogP contribution is 2.21. The van der Waals surface area contributed by atoms with Crippen LogP contribution in [0.1, 0.15) is 141 Å². The number of nitrogens with one attached hydrogen (secondary N) is 1. The minimum Gasteiger partial charge on any atom is -0.510 e. The third-order valence-electron chi connectivity index (χ3n) is 7.07. The first-order valence-corrected chi connectivity index (χ1v) is 15.7. The summed E-state index contributed by atoms with van der Waals surface area (Å²) in [5.41, 5.74) is 0.595. The zero-order valence-electron chi connectivity index (χ0n) is 25.7. The number of carbonyl (C=O) groups excluding carboxylic acids is 2. The van der Waals surface area contributed by atoms with E-state index < -0.39 is 5.91 Å². The Hall–Kier alpha value is -2.54. The average molecular weight is 558 g/mol. The van der Waals surface area contributed by atoms with E-state index in [1.54, 1.807) is 24.3 Å². The second-order valence-electron chi connectivity index (χ2n) is 10.8. The van der Waals surface area contributed by atoms with Gasteiger partial charge in [-0.25, -0.2) is 0 Å². The number of ketones is 1. The molecule has 0 aliphatic carbocycles. The number of benzene rings is 1. The number of carbonyl (C=O) groups is 2. The summed E-state index contributed by atoms with van der Waals surface area (Å²) in [4.78, 5) is 24.5. The van der Waals surface area contributed by atoms with Crippen molar-refractivity contribution >= 4 is 17.4 Å². The Bertz CT molecular complexity index is 893. The van der Waals surface area contributed by atoms with Crippen LogP contribution in [0.5, 0.6) is 0 Å². The maximum absolute atomic E-state index is 12.6. The van der Waals surface area contributed by atoms with E-state index in [9.17, 15) is 14.7 Å². The Morgan fingerprint density at radius 1 is 0.825 bits per heavy atom. The maximum Gasteiger partial charge on any atom is 0.275 e. The summed E-state index contributed by atoms with van der Waals surface area (Å²) < 4.78 is 6.26. The quantitative estimate of drug-likeness (QED) is 0.0434. The van der Waals surface area contributed by atoms with E-state index in [1.165, 1.54) is 97.3 Å². The number of ether oxygens (including phenoxy) is 1. The lowest BCUT2D eigenvalue weighted by Gasteiger charge is -2.18. The molecular weight excluding hydrogens is 502 g/mol. The van der Waals surface area contributed by atoms with Gasteiger partial charge >= 0.3 is 0 Å². The Kier molecular flexibility index (Phi) is 20.6. The summed E-state index contributed by atoms with van der Waals surface area (Å²) >= 11 is 0. The van der Waals surface area contributed by atoms with Crippen LogP contribution in [0.3, 0.4) is 0 Å². The number of unbranched alkanes of at least 4 members (excludes halogenated alkanes) is 11. The number of nitrogens with zero attached hydrogens (tertiary/aromatic N) is 2. The summed E-state index contributed by atoms with van der Waals surface area (Å²) in [5.74, 6) is -0.880. The van der Waals surface area contributed by atoms with Gasteiger partial charge in [0, 0.05) is 18.7 Å². The molecule has 0 spiro atoms. The largest absolute Gasteiger partial charge is 0.510 e. The standard InChI is InChI=1S/C33H55N3O4/c1-5-7-9-11-13-15-17-22-29(21-16-14-12-10-8-6-2)40-26-20-25-34-33(39)32(28(4)38)36-35-31-24-19-18-23-30(31)27(3)37/h18-19,23-24,29,38H,5-17,20-22,25-26H2,1-4H3,(H,34,39). The zero-order valence-corrected chi connectivity index (χ0v) is 25.7. The maximum atomic E-state index is 12.6. The SMILES string of the molecule is CCCCCCCCCC(CCCCCCCC)OCCCNC(=O)C(N=Nc1ccccc1C(C)=O)=C(C)O. The minimum atomic E-state index is -0.504. The monoisotopic (exact) mass is 557 g/mol. The fourth-order valence-corrected chi connectivity index (χ4v) is 4.64. The van der Waals surface area contributed by atoms with Gasteiger partial charge in [0.2, 0.25) is 0 Å². The molecule has 2 N–H and O–H groups in total. The molecule has 226 valence electrons. The van der Waals surface area contributed by atoms with E-state index in [-0.39, 0.29) is 23.3 Å². The molecule has 1 aromatic carbocycles. The van der Waals surface area contributed by atoms with Gasteiger partial charge in [-0.2, -0.15) is 0 Å². The van der Waals surface area contributed by atoms with Crippen LogP contribution >= 0.6 is 0 Å². The number of amides is 1. The highest BCUT2D eigenvalue weighted by molar-refractivity contribution is 5.98. The van der Waals surface area contributed by atoms with Crippen molar-refractivity contribution in [3.8, 4) is 0 Å². The van der Waals surface area contributed by atoms with E-state index in [2.05, 4.69) is 29.4 Å². The molecule has 0 saturated carbocycles. The van der Waals surface area contributed by atoms with Crippen molar-refractivity contribution in [1.29, 1.82) is 0 Å². The second kappa shape index (κ2) is 23.2. The summed E-state index contributed by atoms with van der Waals surface area (Å²) in [7, 11) is 0. The first-order valence-electron chi connectivity index (χ1n) is 15.7. The number of rotatable bonds is 24. The Morgan fingerprint density at radius 3 is 1.93 bits per heavy atom. The van der Waals surface area contributed by atoms with Crippen LogP contribution in [0.2, 0.25) is 0 Å². The molecule has 7 nitrogen and oxygen atoms in total. The number of azo groups is 1. The molecule has 0 aliphatic rings. The number of aliphatic hydroxyl groups is 1. The number of Topliss-reactive ketones (excluding diaryl/α,β-unsaturated/α-hetero) is 1. The van der Waals surface area contributed by atoms with E-state index >= 15 is 0 Å². The summed E-state index contributed by atoms with van der Waals surface area (Å²) in [6.07, 6.45) is 20.0. The first kappa shape index (κ1) is 35.5. The van der Waals surface area contributed by atoms with Gasteiger partial charge in [0.25, 0.3) is 5.91 Å². The highest BCUT2D eigenvalue weighted by atomic mass is 16.5. The van der Waals surface area contributed by atoms with Crippen molar-refractivity contribution in [2.24, 2.45) is 10.2 Å². The van der Waals surface area contributed by atoms with Gasteiger partial charge in [-0.3, -0.25) is 9.59 Å². The molecule has 0 saturated heterocycles. The molecule has 0 fully saturated rings. The smallest absolute Gasteiger partial charge is 0.275 e. The van der Waals surface area contributed by atoms with E-state index in [4.69, 9.17) is 4.74 Å². The molecule has 7 heteroatoms. The van der Waals surface area contributed by atoms with Gasteiger partial charge < -0.3 is 15.2 Å². The predicted octanol–water partition coefficient (Wildman–Crippen LogP) is 9.55. The molecule has 1 aromatic rings. The molecule has 0 aliphatic heterocycles. The lowest BCUT2D eigenvalue weighted by atomic mass is 10.0. The van der Waals surface area contributed by atoms with E-state index in [0.717, 1.165) is 12.8 Å². The summed E-state index contributed by atoms with van der Waals surface area (Å²) in [6.45, 7) is 8.34. The van der Waals surface area contributed by atoms with Gasteiger partial charge in [-0.1, -0.05) is 109 Å². The van der Waals surface area contributed by atoms with Gasteiger partial charge in [0.15, 0.2) is 11.5 Å². The minimum absolute atomic E-state index is 0.146. The second-order valence-corrected chi connectivity index (χ2v) is 10.8. The molecule has 1 atom stereocenters. The molecule has 0 aromatic heterocycles. The number of allylic oxidation sites excluding steroid dienone is 1. The first-order chi connectivity index (χ1) is 19.4. The molecule has 0 bridgehead atoms. The molecule has 0 radical (unpaired) electrons. The van der Waals surface area contributed by atoms with Gasteiger partial charge in [-0.15, -0.1) is 10.2 Å². The fraction of sp³-hybridized carbons (Fsp3) is 0.697. The number of hydrogen-bond donors (Lipinski definition) is 2. The lowest BCUT2D eigenvalue weighted by Crippen LogP contribution is -2.27. The molecule has 1 rings (SSSR count). The van der Waals surface area contributed by atoms with Crippen LogP contribution in [0.15, 0.2) is 46.0 Å². The van der Waals surface area contributed by atoms with E-state index in [1.807, 2.05) is 0 Å². The van der Waals surface area contributed by atoms with Crippen LogP contribution in [0.25, 0.3) is 0 Å². The molecule has 1 unspecified atom stereocenters. The molecular formula is C33H55N3O4. The third kappa shape index (κ3) is 16.5. The van der Waals surface area contributed by atoms with Crippen molar-refractivity contribution in [1.82, 2.24) is 5.32 Å². The summed E-state index contributed by atoms with van der Waals surface area (Å²) in [5, 5.41) is 20.8. The topological polar surface area (TPSA) is 100 Å². The van der Waals surface area contributed by atoms with Crippen LogP contribution < -0.4 is 5.32 Å². The number of aliphatic hydroxyl groups excluding tert-OH is 1. The van der Waals surface area contributed by atoms with Crippen LogP contribution in [-0.2, 0) is 9.53 Å². The zero-order chi connectivity index (χ0) is 29.4. The fourth-order valence-electron chi connectivity index (χ4n) is 4.64. The van der Waals surface area contributed by atoms with Crippen LogP contribution in [0.4, 0.5) is 5.69 Å². The normalized spacial score (nSPS) is 12.9. The van der Waals surface area contributed by atoms with Crippen molar-refractivity contribution in [3.63, 3.8) is 0 Å². The molecule has 40 heavy (non-hydrogen) atoms. The Balaban J connectivity index is 2.49. The highest BCUT2D eigenvalue weighted by Gasteiger charge is 2.14. The van der Waals surface area contributed by atoms with Crippen molar-refractivity contribution in [3.05, 3.63) is 41.3 Å². The van der Waals surface area contributed by atoms with Crippen molar-refractivity contribution in [2.45, 2.75) is 137 Å². The van der Waals surface area contributed by atoms with Gasteiger partial charge in [-0.05, 0) is 45.2 Å². The number of hydrogen-bond acceptors (Lipinski definition) is 6. The van der Waals surface area contributed by atoms with Crippen LogP contribution in [-0.4, -0.2) is 36.1 Å². The third-order valence-corrected chi connectivity index (χ3v) is 7.07. The molecule has 1 amide bonds. The average Bonchev–Trinajstić information content (AvgIpc) is 2.93. The lowest BCUT2D eigenvalue weighted by molar-refractivity contribution is -0.117. The van der Waals surface area contributed by atoms with Crippen molar-refractivity contribution in [2.75, 3.05) is 13.2 Å². The Labute approximate surface area is 243 Å².